The van der Waals surface area contributed by atoms with E-state index < -0.39 is 0 Å². The minimum atomic E-state index is -0.239. The molecular weight excluding hydrogens is 188 g/mol. The number of rotatable bonds is 4. The first-order chi connectivity index (χ1) is 6.90. The number of aromatic nitrogens is 2. The topological polar surface area (TPSA) is 18.0 Å². The lowest BCUT2D eigenvalue weighted by atomic mass is 10.1. The van der Waals surface area contributed by atoms with Crippen molar-refractivity contribution in [1.82, 2.24) is 4.57 Å². The molecule has 0 spiro atoms. The van der Waals surface area contributed by atoms with Crippen molar-refractivity contribution in [1.29, 1.82) is 0 Å². The van der Waals surface area contributed by atoms with E-state index in [1.54, 1.807) is 0 Å². The van der Waals surface area contributed by atoms with E-state index in [0.29, 0.717) is 6.04 Å². The zero-order valence-electron chi connectivity index (χ0n) is 10.7. The summed E-state index contributed by atoms with van der Waals surface area (Å²) < 4.78 is 10.2. The van der Waals surface area contributed by atoms with Crippen LogP contribution >= 0.6 is 0 Å². The molecule has 0 N–H and O–H groups in total. The van der Waals surface area contributed by atoms with Gasteiger partial charge in [-0.1, -0.05) is 0 Å². The number of nitrogens with zero attached hydrogens (tertiary/aromatic N) is 2. The Hall–Kier alpha value is -0.830. The first-order valence-corrected chi connectivity index (χ1v) is 5.61. The quantitative estimate of drug-likeness (QED) is 0.698. The zero-order valence-corrected chi connectivity index (χ0v) is 10.7. The second-order valence-electron chi connectivity index (χ2n) is 4.68. The van der Waals surface area contributed by atoms with Gasteiger partial charge in [0.15, 0.2) is 5.60 Å². The Morgan fingerprint density at radius 1 is 1.47 bits per heavy atom. The van der Waals surface area contributed by atoms with E-state index in [9.17, 15) is 0 Å². The van der Waals surface area contributed by atoms with Gasteiger partial charge in [-0.2, -0.15) is 0 Å². The second kappa shape index (κ2) is 4.35. The zero-order chi connectivity index (χ0) is 11.6. The summed E-state index contributed by atoms with van der Waals surface area (Å²) in [6.45, 7) is 11.4. The Labute approximate surface area is 92.7 Å². The molecule has 0 aliphatic heterocycles. The minimum Gasteiger partial charge on any atom is -0.363 e. The molecule has 0 atom stereocenters. The highest BCUT2D eigenvalue weighted by Crippen LogP contribution is 2.22. The van der Waals surface area contributed by atoms with Crippen molar-refractivity contribution in [2.45, 2.75) is 46.3 Å². The molecular formula is C12H23N2O+. The molecule has 86 valence electrons. The number of hydrogen-bond acceptors (Lipinski definition) is 1. The lowest BCUT2D eigenvalue weighted by Gasteiger charge is -2.22. The van der Waals surface area contributed by atoms with Gasteiger partial charge in [-0.15, -0.1) is 0 Å². The molecule has 0 saturated carbocycles. The van der Waals surface area contributed by atoms with Crippen molar-refractivity contribution in [2.75, 3.05) is 6.61 Å². The van der Waals surface area contributed by atoms with E-state index in [0.717, 1.165) is 6.61 Å². The standard InChI is InChI=1S/C12H23N2O/c1-7-15-12(4,5)11-13(6)8-9-14(11)10(2)3/h8-10H,7H2,1-6H3/q+1. The fourth-order valence-electron chi connectivity index (χ4n) is 2.07. The summed E-state index contributed by atoms with van der Waals surface area (Å²) in [5.74, 6) is 1.21. The van der Waals surface area contributed by atoms with Crippen LogP contribution in [0.15, 0.2) is 12.4 Å². The molecule has 0 saturated heterocycles. The van der Waals surface area contributed by atoms with Crippen LogP contribution in [0.25, 0.3) is 0 Å². The van der Waals surface area contributed by atoms with Crippen molar-refractivity contribution in [2.24, 2.45) is 7.05 Å². The minimum absolute atomic E-state index is 0.239. The van der Waals surface area contributed by atoms with Crippen LogP contribution in [0.5, 0.6) is 0 Å². The maximum Gasteiger partial charge on any atom is 0.288 e. The van der Waals surface area contributed by atoms with E-state index in [1.807, 2.05) is 6.92 Å². The molecule has 1 rings (SSSR count). The molecule has 0 fully saturated rings. The number of ether oxygens (including phenoxy) is 1. The molecule has 0 aliphatic rings. The Balaban J connectivity index is 3.16. The SMILES string of the molecule is CCOC(C)(C)c1n(C)cc[n+]1C(C)C. The molecule has 1 aromatic rings. The van der Waals surface area contributed by atoms with E-state index >= 15 is 0 Å². The van der Waals surface area contributed by atoms with Crippen LogP contribution in [-0.2, 0) is 17.4 Å². The average Bonchev–Trinajstić information content (AvgIpc) is 2.47. The van der Waals surface area contributed by atoms with E-state index in [2.05, 4.69) is 56.3 Å². The van der Waals surface area contributed by atoms with Crippen LogP contribution in [0.1, 0.15) is 46.5 Å². The van der Waals surface area contributed by atoms with E-state index in [4.69, 9.17) is 4.74 Å². The van der Waals surface area contributed by atoms with Crippen LogP contribution in [0.4, 0.5) is 0 Å². The maximum absolute atomic E-state index is 5.80. The molecule has 0 bridgehead atoms. The van der Waals surface area contributed by atoms with Crippen molar-refractivity contribution in [3.05, 3.63) is 18.2 Å². The molecule has 0 unspecified atom stereocenters. The van der Waals surface area contributed by atoms with Gasteiger partial charge in [0, 0.05) is 6.61 Å². The predicted octanol–water partition coefficient (Wildman–Crippen LogP) is 2.17. The Bertz CT molecular complexity index is 326. The lowest BCUT2D eigenvalue weighted by molar-refractivity contribution is -0.728. The highest BCUT2D eigenvalue weighted by atomic mass is 16.5. The van der Waals surface area contributed by atoms with Crippen LogP contribution in [0.2, 0.25) is 0 Å². The Morgan fingerprint density at radius 2 is 2.07 bits per heavy atom. The van der Waals surface area contributed by atoms with Gasteiger partial charge in [0.2, 0.25) is 0 Å². The lowest BCUT2D eigenvalue weighted by Crippen LogP contribution is -2.46. The smallest absolute Gasteiger partial charge is 0.288 e. The van der Waals surface area contributed by atoms with Crippen molar-refractivity contribution < 1.29 is 9.30 Å². The van der Waals surface area contributed by atoms with Gasteiger partial charge in [-0.05, 0) is 34.6 Å². The van der Waals surface area contributed by atoms with Gasteiger partial charge >= 0.3 is 0 Å². The van der Waals surface area contributed by atoms with Gasteiger partial charge in [-0.3, -0.25) is 0 Å². The largest absolute Gasteiger partial charge is 0.363 e. The molecule has 0 amide bonds. The molecule has 3 heteroatoms. The summed E-state index contributed by atoms with van der Waals surface area (Å²) in [6.07, 6.45) is 4.19. The highest BCUT2D eigenvalue weighted by molar-refractivity contribution is 4.95. The summed E-state index contributed by atoms with van der Waals surface area (Å²) in [7, 11) is 2.06. The van der Waals surface area contributed by atoms with Crippen LogP contribution in [0, 0.1) is 0 Å². The van der Waals surface area contributed by atoms with Gasteiger partial charge in [0.05, 0.1) is 13.1 Å². The number of aryl methyl sites for hydroxylation is 1. The first-order valence-electron chi connectivity index (χ1n) is 5.61. The first kappa shape index (κ1) is 12.2. The average molecular weight is 211 g/mol. The van der Waals surface area contributed by atoms with Gasteiger partial charge in [0.25, 0.3) is 5.82 Å². The summed E-state index contributed by atoms with van der Waals surface area (Å²) >= 11 is 0. The van der Waals surface area contributed by atoms with Crippen molar-refractivity contribution >= 4 is 0 Å². The summed E-state index contributed by atoms with van der Waals surface area (Å²) in [5, 5.41) is 0. The number of imidazole rings is 1. The van der Waals surface area contributed by atoms with Crippen molar-refractivity contribution in [3.63, 3.8) is 0 Å². The summed E-state index contributed by atoms with van der Waals surface area (Å²) in [6, 6.07) is 0.459. The number of hydrogen-bond donors (Lipinski definition) is 0. The van der Waals surface area contributed by atoms with Crippen LogP contribution < -0.4 is 4.57 Å². The van der Waals surface area contributed by atoms with Gasteiger partial charge in [0.1, 0.15) is 12.4 Å². The fourth-order valence-corrected chi connectivity index (χ4v) is 2.07. The fraction of sp³-hybridized carbons (Fsp3) is 0.750. The molecule has 15 heavy (non-hydrogen) atoms. The summed E-state index contributed by atoms with van der Waals surface area (Å²) in [5.41, 5.74) is -0.239. The molecule has 1 aromatic heterocycles. The summed E-state index contributed by atoms with van der Waals surface area (Å²) in [4.78, 5) is 0. The second-order valence-corrected chi connectivity index (χ2v) is 4.68. The van der Waals surface area contributed by atoms with Gasteiger partial charge in [-0.25, -0.2) is 9.13 Å². The normalized spacial score (nSPS) is 12.5. The van der Waals surface area contributed by atoms with E-state index in [1.165, 1.54) is 5.82 Å². The molecule has 0 radical (unpaired) electrons. The monoisotopic (exact) mass is 211 g/mol. The molecule has 0 aliphatic carbocycles. The Morgan fingerprint density at radius 3 is 2.53 bits per heavy atom. The van der Waals surface area contributed by atoms with E-state index in [-0.39, 0.29) is 5.60 Å². The third-order valence-corrected chi connectivity index (χ3v) is 2.63. The molecule has 3 nitrogen and oxygen atoms in total. The molecule has 1 heterocycles. The van der Waals surface area contributed by atoms with Crippen LogP contribution in [0.3, 0.4) is 0 Å². The third kappa shape index (κ3) is 2.40. The maximum atomic E-state index is 5.80. The highest BCUT2D eigenvalue weighted by Gasteiger charge is 2.34. The third-order valence-electron chi connectivity index (χ3n) is 2.63. The Kier molecular flexibility index (Phi) is 3.55. The van der Waals surface area contributed by atoms with Crippen molar-refractivity contribution in [3.8, 4) is 0 Å². The van der Waals surface area contributed by atoms with Crippen LogP contribution in [-0.4, -0.2) is 11.2 Å². The van der Waals surface area contributed by atoms with Gasteiger partial charge < -0.3 is 4.74 Å². The predicted molar refractivity (Wildman–Crippen MR) is 60.6 cm³/mol. The molecule has 0 aromatic carbocycles.